The molecule has 0 heterocycles. The smallest absolute Gasteiger partial charge is 0.0698 e. The number of hydrogen-bond acceptors (Lipinski definition) is 5. The molecular formula is C10H24N2O3. The molecule has 0 aliphatic heterocycles. The average molecular weight is 220 g/mol. The lowest BCUT2D eigenvalue weighted by atomic mass is 10.5. The molecule has 0 unspecified atom stereocenters. The summed E-state index contributed by atoms with van der Waals surface area (Å²) in [7, 11) is 3.79. The topological polar surface area (TPSA) is 54.0 Å². The van der Waals surface area contributed by atoms with Crippen molar-refractivity contribution in [3.63, 3.8) is 0 Å². The van der Waals surface area contributed by atoms with Gasteiger partial charge in [-0.25, -0.2) is 0 Å². The van der Waals surface area contributed by atoms with E-state index in [0.29, 0.717) is 13.2 Å². The first kappa shape index (κ1) is 14.8. The monoisotopic (exact) mass is 220 g/mol. The number of hydrogen-bond donors (Lipinski definition) is 2. The van der Waals surface area contributed by atoms with E-state index in [2.05, 4.69) is 17.3 Å². The van der Waals surface area contributed by atoms with Crippen LogP contribution >= 0.6 is 0 Å². The van der Waals surface area contributed by atoms with Crippen molar-refractivity contribution in [2.75, 3.05) is 66.8 Å². The van der Waals surface area contributed by atoms with Crippen molar-refractivity contribution in [1.29, 1.82) is 0 Å². The number of likely N-dealkylation sites (N-methyl/N-ethyl adjacent to an activating group) is 1. The van der Waals surface area contributed by atoms with Gasteiger partial charge >= 0.3 is 0 Å². The van der Waals surface area contributed by atoms with Gasteiger partial charge < -0.3 is 24.8 Å². The summed E-state index contributed by atoms with van der Waals surface area (Å²) in [5.74, 6) is 0. The Balaban J connectivity index is 3.02. The molecule has 0 saturated heterocycles. The van der Waals surface area contributed by atoms with Crippen molar-refractivity contribution in [2.24, 2.45) is 0 Å². The highest BCUT2D eigenvalue weighted by molar-refractivity contribution is 4.54. The molecule has 0 spiro atoms. The summed E-state index contributed by atoms with van der Waals surface area (Å²) in [4.78, 5) is 2.21. The van der Waals surface area contributed by atoms with Crippen LogP contribution in [0.25, 0.3) is 0 Å². The van der Waals surface area contributed by atoms with Gasteiger partial charge in [0.05, 0.1) is 26.4 Å². The van der Waals surface area contributed by atoms with Crippen molar-refractivity contribution in [2.45, 2.75) is 0 Å². The standard InChI is InChI=1S/C10H24N2O3/c1-12(6-9-14-2)5-3-11-4-8-15-10-7-13/h11,13H,3-10H2,1-2H3. The molecule has 0 aliphatic carbocycles. The van der Waals surface area contributed by atoms with Gasteiger partial charge in [0.25, 0.3) is 0 Å². The second-order valence-corrected chi connectivity index (χ2v) is 3.38. The Labute approximate surface area is 92.4 Å². The molecule has 0 aromatic carbocycles. The number of methoxy groups -OCH3 is 1. The molecule has 92 valence electrons. The van der Waals surface area contributed by atoms with Gasteiger partial charge in [0.1, 0.15) is 0 Å². The molecule has 0 aliphatic rings. The quantitative estimate of drug-likeness (QED) is 0.445. The zero-order valence-corrected chi connectivity index (χ0v) is 9.87. The maximum atomic E-state index is 8.46. The van der Waals surface area contributed by atoms with Crippen LogP contribution in [0.4, 0.5) is 0 Å². The lowest BCUT2D eigenvalue weighted by Gasteiger charge is -2.16. The predicted octanol–water partition coefficient (Wildman–Crippen LogP) is -0.837. The summed E-state index contributed by atoms with van der Waals surface area (Å²) >= 11 is 0. The Kier molecular flexibility index (Phi) is 11.7. The van der Waals surface area contributed by atoms with Crippen molar-refractivity contribution in [1.82, 2.24) is 10.2 Å². The van der Waals surface area contributed by atoms with E-state index in [1.165, 1.54) is 0 Å². The second kappa shape index (κ2) is 11.9. The van der Waals surface area contributed by atoms with Gasteiger partial charge in [0.15, 0.2) is 0 Å². The normalized spacial score (nSPS) is 11.2. The van der Waals surface area contributed by atoms with E-state index in [9.17, 15) is 0 Å². The molecule has 2 N–H and O–H groups in total. The van der Waals surface area contributed by atoms with Crippen molar-refractivity contribution < 1.29 is 14.6 Å². The van der Waals surface area contributed by atoms with Crippen LogP contribution in [-0.4, -0.2) is 76.8 Å². The summed E-state index contributed by atoms with van der Waals surface area (Å²) in [5.41, 5.74) is 0. The molecule has 0 radical (unpaired) electrons. The van der Waals surface area contributed by atoms with E-state index in [-0.39, 0.29) is 6.61 Å². The first-order valence-corrected chi connectivity index (χ1v) is 5.38. The SMILES string of the molecule is COCCN(C)CCNCCOCCO. The van der Waals surface area contributed by atoms with Crippen LogP contribution in [0.5, 0.6) is 0 Å². The Morgan fingerprint density at radius 1 is 1.13 bits per heavy atom. The number of nitrogens with zero attached hydrogens (tertiary/aromatic N) is 1. The Morgan fingerprint density at radius 2 is 1.93 bits per heavy atom. The Morgan fingerprint density at radius 3 is 2.60 bits per heavy atom. The number of aliphatic hydroxyl groups excluding tert-OH is 1. The van der Waals surface area contributed by atoms with Crippen LogP contribution in [0, 0.1) is 0 Å². The van der Waals surface area contributed by atoms with E-state index in [1.807, 2.05) is 0 Å². The minimum atomic E-state index is 0.0970. The highest BCUT2D eigenvalue weighted by Gasteiger charge is 1.96. The molecule has 0 atom stereocenters. The van der Waals surface area contributed by atoms with Crippen molar-refractivity contribution in [3.05, 3.63) is 0 Å². The minimum absolute atomic E-state index is 0.0970. The van der Waals surface area contributed by atoms with Crippen LogP contribution in [0.3, 0.4) is 0 Å². The number of aliphatic hydroxyl groups is 1. The van der Waals surface area contributed by atoms with Gasteiger partial charge in [-0.2, -0.15) is 0 Å². The van der Waals surface area contributed by atoms with Gasteiger partial charge in [-0.15, -0.1) is 0 Å². The van der Waals surface area contributed by atoms with Crippen molar-refractivity contribution in [3.8, 4) is 0 Å². The zero-order valence-electron chi connectivity index (χ0n) is 9.87. The maximum absolute atomic E-state index is 8.46. The van der Waals surface area contributed by atoms with E-state index < -0.39 is 0 Å². The zero-order chi connectivity index (χ0) is 11.4. The first-order chi connectivity index (χ1) is 7.31. The van der Waals surface area contributed by atoms with E-state index in [1.54, 1.807) is 7.11 Å². The molecule has 5 heteroatoms. The number of rotatable bonds is 11. The Bertz CT molecular complexity index is 125. The fourth-order valence-electron chi connectivity index (χ4n) is 1.06. The Hall–Kier alpha value is -0.200. The van der Waals surface area contributed by atoms with Crippen LogP contribution in [0.2, 0.25) is 0 Å². The third kappa shape index (κ3) is 11.7. The summed E-state index contributed by atoms with van der Waals surface area (Å²) in [6.45, 7) is 5.69. The summed E-state index contributed by atoms with van der Waals surface area (Å²) < 4.78 is 10.1. The number of ether oxygens (including phenoxy) is 2. The van der Waals surface area contributed by atoms with Crippen LogP contribution in [0.15, 0.2) is 0 Å². The molecule has 5 nitrogen and oxygen atoms in total. The van der Waals surface area contributed by atoms with Crippen LogP contribution in [-0.2, 0) is 9.47 Å². The first-order valence-electron chi connectivity index (χ1n) is 5.38. The molecular weight excluding hydrogens is 196 g/mol. The van der Waals surface area contributed by atoms with Gasteiger partial charge in [-0.1, -0.05) is 0 Å². The van der Waals surface area contributed by atoms with E-state index >= 15 is 0 Å². The van der Waals surface area contributed by atoms with Crippen LogP contribution in [0.1, 0.15) is 0 Å². The van der Waals surface area contributed by atoms with Crippen molar-refractivity contribution >= 4 is 0 Å². The van der Waals surface area contributed by atoms with Gasteiger partial charge in [0, 0.05) is 33.3 Å². The summed E-state index contributed by atoms with van der Waals surface area (Å²) in [6.07, 6.45) is 0. The van der Waals surface area contributed by atoms with E-state index in [0.717, 1.165) is 32.8 Å². The molecule has 0 fully saturated rings. The fourth-order valence-corrected chi connectivity index (χ4v) is 1.06. The minimum Gasteiger partial charge on any atom is -0.394 e. The molecule has 0 amide bonds. The molecule has 0 bridgehead atoms. The molecule has 15 heavy (non-hydrogen) atoms. The van der Waals surface area contributed by atoms with E-state index in [4.69, 9.17) is 14.6 Å². The number of nitrogens with one attached hydrogen (secondary N) is 1. The van der Waals surface area contributed by atoms with Gasteiger partial charge in [-0.3, -0.25) is 0 Å². The van der Waals surface area contributed by atoms with Gasteiger partial charge in [0.2, 0.25) is 0 Å². The average Bonchev–Trinajstić information content (AvgIpc) is 2.25. The predicted molar refractivity (Wildman–Crippen MR) is 60.1 cm³/mol. The lowest BCUT2D eigenvalue weighted by Crippen LogP contribution is -2.32. The molecule has 0 aromatic rings. The largest absolute Gasteiger partial charge is 0.394 e. The highest BCUT2D eigenvalue weighted by atomic mass is 16.5. The molecule has 0 rings (SSSR count). The lowest BCUT2D eigenvalue weighted by molar-refractivity contribution is 0.0935. The van der Waals surface area contributed by atoms with Crippen LogP contribution < -0.4 is 5.32 Å². The molecule has 0 saturated carbocycles. The van der Waals surface area contributed by atoms with Gasteiger partial charge in [-0.05, 0) is 7.05 Å². The summed E-state index contributed by atoms with van der Waals surface area (Å²) in [5, 5.41) is 11.7. The second-order valence-electron chi connectivity index (χ2n) is 3.38. The highest BCUT2D eigenvalue weighted by Crippen LogP contribution is 1.80. The third-order valence-corrected chi connectivity index (χ3v) is 2.01. The fraction of sp³-hybridized carbons (Fsp3) is 1.00. The third-order valence-electron chi connectivity index (χ3n) is 2.01. The maximum Gasteiger partial charge on any atom is 0.0698 e. The summed E-state index contributed by atoms with van der Waals surface area (Å²) in [6, 6.07) is 0. The molecule has 0 aromatic heterocycles.